The number of benzene rings is 2. The molecule has 1 fully saturated rings. The summed E-state index contributed by atoms with van der Waals surface area (Å²) in [4.78, 5) is 13.0. The Labute approximate surface area is 137 Å². The van der Waals surface area contributed by atoms with Crippen molar-refractivity contribution in [2.45, 2.75) is 18.8 Å². The summed E-state index contributed by atoms with van der Waals surface area (Å²) in [5.74, 6) is 0.943. The summed E-state index contributed by atoms with van der Waals surface area (Å²) < 4.78 is 0. The first-order chi connectivity index (χ1) is 11.3. The number of Topliss-reactive ketones (excluding diaryl/α,β-unsaturated/α-hetero) is 1. The summed E-state index contributed by atoms with van der Waals surface area (Å²) >= 11 is 0. The molecule has 1 N–H and O–H groups in total. The minimum atomic E-state index is 0.208. The van der Waals surface area contributed by atoms with Gasteiger partial charge in [0.1, 0.15) is 0 Å². The van der Waals surface area contributed by atoms with Crippen LogP contribution in [0.1, 0.15) is 40.2 Å². The van der Waals surface area contributed by atoms with Crippen LogP contribution in [0.2, 0.25) is 0 Å². The molecule has 23 heavy (non-hydrogen) atoms. The predicted molar refractivity (Wildman–Crippen MR) is 93.5 cm³/mol. The second-order valence-electron chi connectivity index (χ2n) is 6.51. The summed E-state index contributed by atoms with van der Waals surface area (Å²) in [5, 5.41) is 3.50. The lowest BCUT2D eigenvalue weighted by Crippen LogP contribution is -2.33. The molecule has 1 aliphatic carbocycles. The standard InChI is InChI=1S/C21H21NO/c23-21-18-11-5-4-10-17(18)20(16-9-6-12-22-14-16)19(21)13-15-7-2-1-3-8-15/h1-5,7-8,10-11,13,16,20,22H,6,9,12,14H2. The molecule has 2 aromatic rings. The lowest BCUT2D eigenvalue weighted by atomic mass is 9.80. The smallest absolute Gasteiger partial charge is 0.189 e. The molecule has 0 aromatic heterocycles. The first-order valence-electron chi connectivity index (χ1n) is 8.45. The second kappa shape index (κ2) is 6.13. The molecule has 1 aliphatic heterocycles. The van der Waals surface area contributed by atoms with Gasteiger partial charge >= 0.3 is 0 Å². The highest BCUT2D eigenvalue weighted by Crippen LogP contribution is 2.44. The topological polar surface area (TPSA) is 29.1 Å². The molecule has 1 heterocycles. The maximum Gasteiger partial charge on any atom is 0.189 e. The predicted octanol–water partition coefficient (Wildman–Crippen LogP) is 4.05. The SMILES string of the molecule is O=C1C(=Cc2ccccc2)C(C2CCCNC2)c2ccccc21. The number of rotatable bonds is 2. The van der Waals surface area contributed by atoms with Gasteiger partial charge in [0.15, 0.2) is 5.78 Å². The van der Waals surface area contributed by atoms with Crippen molar-refractivity contribution in [3.05, 3.63) is 76.9 Å². The van der Waals surface area contributed by atoms with Crippen LogP contribution in [-0.4, -0.2) is 18.9 Å². The van der Waals surface area contributed by atoms with Gasteiger partial charge in [0, 0.05) is 17.1 Å². The first-order valence-corrected chi connectivity index (χ1v) is 8.45. The van der Waals surface area contributed by atoms with Crippen molar-refractivity contribution in [2.24, 2.45) is 5.92 Å². The number of carbonyl (C=O) groups excluding carboxylic acids is 1. The van der Waals surface area contributed by atoms with E-state index in [9.17, 15) is 4.79 Å². The van der Waals surface area contributed by atoms with Crippen LogP contribution < -0.4 is 5.32 Å². The fourth-order valence-corrected chi connectivity index (χ4v) is 3.99. The van der Waals surface area contributed by atoms with E-state index in [4.69, 9.17) is 0 Å². The van der Waals surface area contributed by atoms with Crippen molar-refractivity contribution in [1.82, 2.24) is 5.32 Å². The highest BCUT2D eigenvalue weighted by molar-refractivity contribution is 6.16. The largest absolute Gasteiger partial charge is 0.316 e. The quantitative estimate of drug-likeness (QED) is 0.848. The highest BCUT2D eigenvalue weighted by Gasteiger charge is 2.39. The molecule has 2 heteroatoms. The van der Waals surface area contributed by atoms with E-state index in [-0.39, 0.29) is 11.7 Å². The lowest BCUT2D eigenvalue weighted by molar-refractivity contribution is 0.103. The summed E-state index contributed by atoms with van der Waals surface area (Å²) in [7, 11) is 0. The molecular formula is C21H21NO. The Morgan fingerprint density at radius 2 is 1.78 bits per heavy atom. The van der Waals surface area contributed by atoms with E-state index in [0.29, 0.717) is 5.92 Å². The number of nitrogens with one attached hydrogen (secondary N) is 1. The zero-order valence-electron chi connectivity index (χ0n) is 13.2. The summed E-state index contributed by atoms with van der Waals surface area (Å²) in [6.07, 6.45) is 4.48. The van der Waals surface area contributed by atoms with Crippen LogP contribution >= 0.6 is 0 Å². The zero-order valence-corrected chi connectivity index (χ0v) is 13.2. The molecular weight excluding hydrogens is 282 g/mol. The third-order valence-corrected chi connectivity index (χ3v) is 5.07. The average molecular weight is 303 g/mol. The summed E-state index contributed by atoms with van der Waals surface area (Å²) in [6.45, 7) is 2.09. The molecule has 2 aromatic carbocycles. The van der Waals surface area contributed by atoms with E-state index in [2.05, 4.69) is 35.7 Å². The molecule has 0 saturated carbocycles. The monoisotopic (exact) mass is 303 g/mol. The average Bonchev–Trinajstić information content (AvgIpc) is 2.89. The van der Waals surface area contributed by atoms with Crippen LogP contribution in [0.5, 0.6) is 0 Å². The van der Waals surface area contributed by atoms with E-state index in [1.165, 1.54) is 18.4 Å². The Morgan fingerprint density at radius 1 is 1.00 bits per heavy atom. The van der Waals surface area contributed by atoms with Crippen molar-refractivity contribution in [3.8, 4) is 0 Å². The van der Waals surface area contributed by atoms with Gasteiger partial charge in [-0.15, -0.1) is 0 Å². The molecule has 2 unspecified atom stereocenters. The van der Waals surface area contributed by atoms with Crippen molar-refractivity contribution < 1.29 is 4.79 Å². The fraction of sp³-hybridized carbons (Fsp3) is 0.286. The minimum Gasteiger partial charge on any atom is -0.316 e. The molecule has 0 radical (unpaired) electrons. The Morgan fingerprint density at radius 3 is 2.57 bits per heavy atom. The Balaban J connectivity index is 1.80. The third kappa shape index (κ3) is 2.64. The van der Waals surface area contributed by atoms with Gasteiger partial charge in [-0.2, -0.15) is 0 Å². The van der Waals surface area contributed by atoms with Gasteiger partial charge in [0.05, 0.1) is 0 Å². The number of fused-ring (bicyclic) bond motifs is 1. The number of piperidine rings is 1. The van der Waals surface area contributed by atoms with Crippen LogP contribution in [0.4, 0.5) is 0 Å². The molecule has 2 nitrogen and oxygen atoms in total. The van der Waals surface area contributed by atoms with Crippen molar-refractivity contribution >= 4 is 11.9 Å². The Kier molecular flexibility index (Phi) is 3.84. The molecule has 0 amide bonds. The summed E-state index contributed by atoms with van der Waals surface area (Å²) in [6, 6.07) is 18.3. The van der Waals surface area contributed by atoms with Crippen molar-refractivity contribution in [2.75, 3.05) is 13.1 Å². The van der Waals surface area contributed by atoms with Crippen LogP contribution in [0, 0.1) is 5.92 Å². The van der Waals surface area contributed by atoms with Gasteiger partial charge in [0.25, 0.3) is 0 Å². The molecule has 2 atom stereocenters. The number of hydrogen-bond donors (Lipinski definition) is 1. The van der Waals surface area contributed by atoms with E-state index < -0.39 is 0 Å². The van der Waals surface area contributed by atoms with Crippen molar-refractivity contribution in [1.29, 1.82) is 0 Å². The number of allylic oxidation sites excluding steroid dienone is 1. The molecule has 116 valence electrons. The maximum absolute atomic E-state index is 13.0. The van der Waals surface area contributed by atoms with E-state index in [0.717, 1.165) is 29.8 Å². The van der Waals surface area contributed by atoms with Gasteiger partial charge in [-0.25, -0.2) is 0 Å². The van der Waals surface area contributed by atoms with Gasteiger partial charge in [0.2, 0.25) is 0 Å². The van der Waals surface area contributed by atoms with Gasteiger partial charge in [-0.05, 0) is 49.1 Å². The molecule has 1 saturated heterocycles. The highest BCUT2D eigenvalue weighted by atomic mass is 16.1. The van der Waals surface area contributed by atoms with Crippen molar-refractivity contribution in [3.63, 3.8) is 0 Å². The molecule has 0 bridgehead atoms. The first kappa shape index (κ1) is 14.4. The zero-order chi connectivity index (χ0) is 15.6. The Hall–Kier alpha value is -2.19. The minimum absolute atomic E-state index is 0.208. The fourth-order valence-electron chi connectivity index (χ4n) is 3.99. The van der Waals surface area contributed by atoms with Crippen LogP contribution in [-0.2, 0) is 0 Å². The van der Waals surface area contributed by atoms with E-state index in [1.54, 1.807) is 0 Å². The molecule has 2 aliphatic rings. The van der Waals surface area contributed by atoms with E-state index in [1.807, 2.05) is 30.3 Å². The number of carbonyl (C=O) groups is 1. The van der Waals surface area contributed by atoms with E-state index >= 15 is 0 Å². The summed E-state index contributed by atoms with van der Waals surface area (Å²) in [5.41, 5.74) is 4.18. The van der Waals surface area contributed by atoms with Gasteiger partial charge < -0.3 is 5.32 Å². The third-order valence-electron chi connectivity index (χ3n) is 5.07. The Bertz CT molecular complexity index is 741. The number of ketones is 1. The van der Waals surface area contributed by atoms with Crippen LogP contribution in [0.15, 0.2) is 60.2 Å². The van der Waals surface area contributed by atoms with Crippen LogP contribution in [0.25, 0.3) is 6.08 Å². The molecule has 0 spiro atoms. The second-order valence-corrected chi connectivity index (χ2v) is 6.51. The van der Waals surface area contributed by atoms with Gasteiger partial charge in [-0.1, -0.05) is 54.6 Å². The lowest BCUT2D eigenvalue weighted by Gasteiger charge is -2.29. The maximum atomic E-state index is 13.0. The molecule has 4 rings (SSSR count). The normalized spacial score (nSPS) is 25.6. The van der Waals surface area contributed by atoms with Gasteiger partial charge in [-0.3, -0.25) is 4.79 Å². The number of hydrogen-bond acceptors (Lipinski definition) is 2. The van der Waals surface area contributed by atoms with Crippen LogP contribution in [0.3, 0.4) is 0 Å².